The van der Waals surface area contributed by atoms with Crippen molar-refractivity contribution < 1.29 is 4.74 Å². The Morgan fingerprint density at radius 1 is 1.50 bits per heavy atom. The summed E-state index contributed by atoms with van der Waals surface area (Å²) < 4.78 is 6.67. The number of guanidine groups is 1. The zero-order valence-electron chi connectivity index (χ0n) is 13.7. The minimum atomic E-state index is 0.618. The topological polar surface area (TPSA) is 36.9 Å². The van der Waals surface area contributed by atoms with Crippen molar-refractivity contribution in [1.29, 1.82) is 0 Å². The normalized spacial score (nSPS) is 18.8. The van der Waals surface area contributed by atoms with E-state index in [2.05, 4.69) is 56.3 Å². The number of ether oxygens (including phenoxy) is 1. The number of rotatable bonds is 5. The van der Waals surface area contributed by atoms with E-state index in [9.17, 15) is 0 Å². The van der Waals surface area contributed by atoms with Gasteiger partial charge in [-0.3, -0.25) is 4.99 Å². The van der Waals surface area contributed by atoms with Gasteiger partial charge in [0.2, 0.25) is 0 Å². The molecule has 0 saturated carbocycles. The Morgan fingerprint density at radius 2 is 2.32 bits per heavy atom. The SMILES string of the molecule is CCOCC1CCN(C(=NC)NCc2ccc(Br)cc2C)C1. The van der Waals surface area contributed by atoms with Gasteiger partial charge in [0.05, 0.1) is 6.61 Å². The summed E-state index contributed by atoms with van der Waals surface area (Å²) in [4.78, 5) is 6.76. The summed E-state index contributed by atoms with van der Waals surface area (Å²) in [5.74, 6) is 1.61. The van der Waals surface area contributed by atoms with Crippen molar-refractivity contribution >= 4 is 21.9 Å². The average Bonchev–Trinajstić information content (AvgIpc) is 2.96. The van der Waals surface area contributed by atoms with Gasteiger partial charge in [-0.05, 0) is 43.5 Å². The highest BCUT2D eigenvalue weighted by Gasteiger charge is 2.24. The van der Waals surface area contributed by atoms with Crippen molar-refractivity contribution in [2.24, 2.45) is 10.9 Å². The molecule has 0 aromatic heterocycles. The van der Waals surface area contributed by atoms with Gasteiger partial charge in [0.15, 0.2) is 5.96 Å². The van der Waals surface area contributed by atoms with E-state index in [0.29, 0.717) is 5.92 Å². The molecular weight excluding hydrogens is 342 g/mol. The van der Waals surface area contributed by atoms with E-state index < -0.39 is 0 Å². The van der Waals surface area contributed by atoms with Gasteiger partial charge in [0.1, 0.15) is 0 Å². The second kappa shape index (κ2) is 8.53. The fraction of sp³-hybridized carbons (Fsp3) is 0.588. The maximum atomic E-state index is 5.54. The van der Waals surface area contributed by atoms with Gasteiger partial charge in [-0.25, -0.2) is 0 Å². The quantitative estimate of drug-likeness (QED) is 0.641. The zero-order valence-corrected chi connectivity index (χ0v) is 15.3. The average molecular weight is 368 g/mol. The lowest BCUT2D eigenvalue weighted by Crippen LogP contribution is -2.40. The van der Waals surface area contributed by atoms with E-state index in [1.165, 1.54) is 17.5 Å². The fourth-order valence-corrected chi connectivity index (χ4v) is 3.29. The summed E-state index contributed by atoms with van der Waals surface area (Å²) in [6.45, 7) is 8.72. The minimum Gasteiger partial charge on any atom is -0.381 e. The third-order valence-electron chi connectivity index (χ3n) is 4.10. The number of hydrogen-bond acceptors (Lipinski definition) is 2. The van der Waals surface area contributed by atoms with Crippen LogP contribution in [0.4, 0.5) is 0 Å². The van der Waals surface area contributed by atoms with Gasteiger partial charge in [-0.2, -0.15) is 0 Å². The maximum Gasteiger partial charge on any atom is 0.193 e. The van der Waals surface area contributed by atoms with E-state index in [-0.39, 0.29) is 0 Å². The van der Waals surface area contributed by atoms with Crippen LogP contribution >= 0.6 is 15.9 Å². The Hall–Kier alpha value is -1.07. The van der Waals surface area contributed by atoms with E-state index in [4.69, 9.17) is 4.74 Å². The Bertz CT molecular complexity index is 519. The molecule has 1 aliphatic heterocycles. The van der Waals surface area contributed by atoms with Gasteiger partial charge in [0, 0.05) is 43.7 Å². The van der Waals surface area contributed by atoms with Crippen LogP contribution in [0.3, 0.4) is 0 Å². The molecule has 1 unspecified atom stereocenters. The lowest BCUT2D eigenvalue weighted by molar-refractivity contribution is 0.114. The molecule has 1 heterocycles. The second-order valence-corrected chi connectivity index (χ2v) is 6.65. The van der Waals surface area contributed by atoms with Crippen molar-refractivity contribution in [3.8, 4) is 0 Å². The fourth-order valence-electron chi connectivity index (χ4n) is 2.81. The number of nitrogens with zero attached hydrogens (tertiary/aromatic N) is 2. The number of hydrogen-bond donors (Lipinski definition) is 1. The molecule has 1 aromatic rings. The van der Waals surface area contributed by atoms with Gasteiger partial charge in [-0.1, -0.05) is 22.0 Å². The number of halogens is 1. The van der Waals surface area contributed by atoms with Crippen molar-refractivity contribution in [3.63, 3.8) is 0 Å². The number of aliphatic imine (C=N–C) groups is 1. The van der Waals surface area contributed by atoms with Crippen LogP contribution < -0.4 is 5.32 Å². The predicted octanol–water partition coefficient (Wildman–Crippen LogP) is 3.19. The first-order chi connectivity index (χ1) is 10.6. The highest BCUT2D eigenvalue weighted by atomic mass is 79.9. The van der Waals surface area contributed by atoms with Crippen LogP contribution in [0.15, 0.2) is 27.7 Å². The number of benzene rings is 1. The highest BCUT2D eigenvalue weighted by Crippen LogP contribution is 2.18. The molecule has 22 heavy (non-hydrogen) atoms. The molecule has 2 rings (SSSR count). The van der Waals surface area contributed by atoms with E-state index in [1.54, 1.807) is 0 Å². The lowest BCUT2D eigenvalue weighted by atomic mass is 10.1. The standard InChI is InChI=1S/C17H26BrN3O/c1-4-22-12-14-7-8-21(11-14)17(19-3)20-10-15-5-6-16(18)9-13(15)2/h5-6,9,14H,4,7-8,10-12H2,1-3H3,(H,19,20). The van der Waals surface area contributed by atoms with E-state index >= 15 is 0 Å². The van der Waals surface area contributed by atoms with Gasteiger partial charge in [0.25, 0.3) is 0 Å². The molecule has 1 saturated heterocycles. The maximum absolute atomic E-state index is 5.54. The predicted molar refractivity (Wildman–Crippen MR) is 95.3 cm³/mol. The summed E-state index contributed by atoms with van der Waals surface area (Å²) in [6, 6.07) is 6.38. The first-order valence-corrected chi connectivity index (χ1v) is 8.71. The smallest absolute Gasteiger partial charge is 0.193 e. The van der Waals surface area contributed by atoms with Crippen molar-refractivity contribution in [1.82, 2.24) is 10.2 Å². The van der Waals surface area contributed by atoms with Crippen LogP contribution in [0, 0.1) is 12.8 Å². The van der Waals surface area contributed by atoms with Crippen molar-refractivity contribution in [2.75, 3.05) is 33.4 Å². The molecule has 0 bridgehead atoms. The Labute approximate surface area is 142 Å². The molecule has 4 nitrogen and oxygen atoms in total. The van der Waals surface area contributed by atoms with E-state index in [0.717, 1.165) is 43.3 Å². The lowest BCUT2D eigenvalue weighted by Gasteiger charge is -2.22. The van der Waals surface area contributed by atoms with Crippen LogP contribution in [0.25, 0.3) is 0 Å². The van der Waals surface area contributed by atoms with Gasteiger partial charge < -0.3 is 15.0 Å². The molecule has 122 valence electrons. The zero-order chi connectivity index (χ0) is 15.9. The summed E-state index contributed by atoms with van der Waals surface area (Å²) in [7, 11) is 1.85. The van der Waals surface area contributed by atoms with Crippen LogP contribution in [-0.2, 0) is 11.3 Å². The Morgan fingerprint density at radius 3 is 3.00 bits per heavy atom. The molecule has 0 radical (unpaired) electrons. The van der Waals surface area contributed by atoms with Crippen LogP contribution in [0.1, 0.15) is 24.5 Å². The summed E-state index contributed by atoms with van der Waals surface area (Å²) in [6.07, 6.45) is 1.18. The molecule has 1 aliphatic rings. The molecule has 0 amide bonds. The first-order valence-electron chi connectivity index (χ1n) is 7.92. The van der Waals surface area contributed by atoms with Crippen molar-refractivity contribution in [3.05, 3.63) is 33.8 Å². The molecule has 1 fully saturated rings. The van der Waals surface area contributed by atoms with Crippen LogP contribution in [0.5, 0.6) is 0 Å². The van der Waals surface area contributed by atoms with Gasteiger partial charge >= 0.3 is 0 Å². The summed E-state index contributed by atoms with van der Waals surface area (Å²) in [5, 5.41) is 3.48. The van der Waals surface area contributed by atoms with E-state index in [1.807, 2.05) is 14.0 Å². The summed E-state index contributed by atoms with van der Waals surface area (Å²) >= 11 is 3.51. The van der Waals surface area contributed by atoms with Crippen molar-refractivity contribution in [2.45, 2.75) is 26.8 Å². The largest absolute Gasteiger partial charge is 0.381 e. The molecular formula is C17H26BrN3O. The first kappa shape index (κ1) is 17.3. The number of nitrogens with one attached hydrogen (secondary N) is 1. The van der Waals surface area contributed by atoms with Crippen LogP contribution in [0.2, 0.25) is 0 Å². The third kappa shape index (κ3) is 4.71. The third-order valence-corrected chi connectivity index (χ3v) is 4.59. The number of likely N-dealkylation sites (tertiary alicyclic amines) is 1. The second-order valence-electron chi connectivity index (χ2n) is 5.73. The molecule has 0 spiro atoms. The molecule has 1 N–H and O–H groups in total. The summed E-state index contributed by atoms with van der Waals surface area (Å²) in [5.41, 5.74) is 2.59. The minimum absolute atomic E-state index is 0.618. The Kier molecular flexibility index (Phi) is 6.70. The molecule has 1 atom stereocenters. The molecule has 0 aliphatic carbocycles. The molecule has 1 aromatic carbocycles. The molecule has 5 heteroatoms. The van der Waals surface area contributed by atoms with Gasteiger partial charge in [-0.15, -0.1) is 0 Å². The Balaban J connectivity index is 1.88. The monoisotopic (exact) mass is 367 g/mol. The van der Waals surface area contributed by atoms with Crippen LogP contribution in [-0.4, -0.2) is 44.2 Å². The highest BCUT2D eigenvalue weighted by molar-refractivity contribution is 9.10. The number of aryl methyl sites for hydroxylation is 1.